The third kappa shape index (κ3) is 4.56. The van der Waals surface area contributed by atoms with E-state index in [-0.39, 0.29) is 11.6 Å². The van der Waals surface area contributed by atoms with E-state index in [1.807, 2.05) is 0 Å². The molecule has 0 spiro atoms. The van der Waals surface area contributed by atoms with E-state index in [0.29, 0.717) is 38.4 Å². The first-order chi connectivity index (χ1) is 11.0. The predicted octanol–water partition coefficient (Wildman–Crippen LogP) is 1.33. The average Bonchev–Trinajstić information content (AvgIpc) is 2.56. The van der Waals surface area contributed by atoms with E-state index in [1.54, 1.807) is 0 Å². The Morgan fingerprint density at radius 3 is 2.96 bits per heavy atom. The second kappa shape index (κ2) is 7.77. The Hall–Kier alpha value is -2.35. The smallest absolute Gasteiger partial charge is 0.407 e. The van der Waals surface area contributed by atoms with Gasteiger partial charge >= 0.3 is 12.1 Å². The number of piperazine rings is 1. The number of carbonyl (C=O) groups is 2. The topological polar surface area (TPSA) is 88.1 Å². The van der Waals surface area contributed by atoms with Crippen LogP contribution in [0, 0.1) is 5.82 Å². The number of ether oxygens (including phenoxy) is 2. The van der Waals surface area contributed by atoms with Crippen molar-refractivity contribution in [1.82, 2.24) is 10.2 Å². The molecule has 1 fully saturated rings. The lowest BCUT2D eigenvalue weighted by atomic mass is 10.1. The molecule has 0 saturated carbocycles. The molecular weight excluding hydrogens is 307 g/mol. The van der Waals surface area contributed by atoms with Crippen molar-refractivity contribution in [2.75, 3.05) is 33.4 Å². The van der Waals surface area contributed by atoms with E-state index in [9.17, 15) is 14.0 Å². The summed E-state index contributed by atoms with van der Waals surface area (Å²) in [5, 5.41) is 12.2. The molecule has 1 atom stereocenters. The number of carboxylic acid groups (broad SMARTS) is 1. The zero-order chi connectivity index (χ0) is 16.8. The first-order valence-electron chi connectivity index (χ1n) is 7.23. The van der Waals surface area contributed by atoms with E-state index in [1.165, 1.54) is 24.1 Å². The fourth-order valence-electron chi connectivity index (χ4n) is 2.37. The lowest BCUT2D eigenvalue weighted by molar-refractivity contribution is 0.0595. The average molecular weight is 326 g/mol. The van der Waals surface area contributed by atoms with Crippen molar-refractivity contribution in [1.29, 1.82) is 0 Å². The highest BCUT2D eigenvalue weighted by Gasteiger charge is 2.22. The third-order valence-electron chi connectivity index (χ3n) is 3.60. The molecule has 0 aliphatic carbocycles. The molecule has 126 valence electrons. The highest BCUT2D eigenvalue weighted by Crippen LogP contribution is 2.18. The maximum absolute atomic E-state index is 13.5. The molecule has 7 nitrogen and oxygen atoms in total. The molecule has 1 heterocycles. The summed E-state index contributed by atoms with van der Waals surface area (Å²) in [4.78, 5) is 23.7. The lowest BCUT2D eigenvalue weighted by Gasteiger charge is -2.31. The first-order valence-corrected chi connectivity index (χ1v) is 7.23. The van der Waals surface area contributed by atoms with Gasteiger partial charge in [0.1, 0.15) is 11.6 Å². The van der Waals surface area contributed by atoms with Crippen LogP contribution in [-0.2, 0) is 4.74 Å². The van der Waals surface area contributed by atoms with Gasteiger partial charge in [-0.1, -0.05) is 0 Å². The number of hydrogen-bond donors (Lipinski definition) is 2. The quantitative estimate of drug-likeness (QED) is 0.794. The number of rotatable bonds is 5. The molecule has 1 saturated heterocycles. The maximum Gasteiger partial charge on any atom is 0.407 e. The normalized spacial score (nSPS) is 17.7. The van der Waals surface area contributed by atoms with E-state index in [0.717, 1.165) is 6.07 Å². The van der Waals surface area contributed by atoms with Crippen LogP contribution in [0.5, 0.6) is 5.75 Å². The first kappa shape index (κ1) is 17.0. The van der Waals surface area contributed by atoms with Gasteiger partial charge in [-0.3, -0.25) is 0 Å². The van der Waals surface area contributed by atoms with Crippen LogP contribution in [0.3, 0.4) is 0 Å². The number of hydrogen-bond acceptors (Lipinski definition) is 5. The van der Waals surface area contributed by atoms with Crippen molar-refractivity contribution in [3.05, 3.63) is 29.6 Å². The second-order valence-electron chi connectivity index (χ2n) is 5.15. The molecule has 1 aliphatic rings. The molecular formula is C15H19FN2O5. The Morgan fingerprint density at radius 2 is 2.26 bits per heavy atom. The van der Waals surface area contributed by atoms with E-state index in [4.69, 9.17) is 9.84 Å². The van der Waals surface area contributed by atoms with Gasteiger partial charge in [0.2, 0.25) is 0 Å². The SMILES string of the molecule is COC(=O)c1cc(OCC[C@@H]2CN(C(=O)O)CCN2)ccc1F. The molecule has 0 bridgehead atoms. The van der Waals surface area contributed by atoms with Crippen LogP contribution in [0.15, 0.2) is 18.2 Å². The summed E-state index contributed by atoms with van der Waals surface area (Å²) in [7, 11) is 1.18. The Balaban J connectivity index is 1.86. The largest absolute Gasteiger partial charge is 0.494 e. The second-order valence-corrected chi connectivity index (χ2v) is 5.15. The molecule has 8 heteroatoms. The zero-order valence-electron chi connectivity index (χ0n) is 12.8. The van der Waals surface area contributed by atoms with Gasteiger partial charge in [-0.15, -0.1) is 0 Å². The Labute approximate surface area is 133 Å². The summed E-state index contributed by atoms with van der Waals surface area (Å²) in [5.41, 5.74) is -0.183. The number of methoxy groups -OCH3 is 1. The molecule has 1 aromatic carbocycles. The number of esters is 1. The van der Waals surface area contributed by atoms with E-state index >= 15 is 0 Å². The van der Waals surface area contributed by atoms with Gasteiger partial charge in [0.05, 0.1) is 19.3 Å². The molecule has 2 N–H and O–H groups in total. The lowest BCUT2D eigenvalue weighted by Crippen LogP contribution is -2.52. The molecule has 2 rings (SSSR count). The molecule has 0 aromatic heterocycles. The standard InChI is InChI=1S/C15H19FN2O5/c1-22-14(19)12-8-11(2-3-13(12)16)23-7-4-10-9-18(15(20)21)6-5-17-10/h2-3,8,10,17H,4-7,9H2,1H3,(H,20,21)/t10-/m1/s1. The van der Waals surface area contributed by atoms with E-state index < -0.39 is 17.9 Å². The summed E-state index contributed by atoms with van der Waals surface area (Å²) in [6.45, 7) is 1.78. The van der Waals surface area contributed by atoms with Crippen molar-refractivity contribution in [2.24, 2.45) is 0 Å². The molecule has 1 aliphatic heterocycles. The van der Waals surface area contributed by atoms with Crippen LogP contribution in [0.2, 0.25) is 0 Å². The van der Waals surface area contributed by atoms with Crippen molar-refractivity contribution in [3.63, 3.8) is 0 Å². The Bertz CT molecular complexity index is 581. The zero-order valence-corrected chi connectivity index (χ0v) is 12.8. The van der Waals surface area contributed by atoms with Crippen LogP contribution in [0.1, 0.15) is 16.8 Å². The minimum absolute atomic E-state index is 0.000348. The van der Waals surface area contributed by atoms with Crippen molar-refractivity contribution in [3.8, 4) is 5.75 Å². The minimum Gasteiger partial charge on any atom is -0.494 e. The summed E-state index contributed by atoms with van der Waals surface area (Å²) in [6, 6.07) is 3.87. The van der Waals surface area contributed by atoms with Gasteiger partial charge in [-0.2, -0.15) is 0 Å². The maximum atomic E-state index is 13.5. The van der Waals surface area contributed by atoms with Crippen LogP contribution in [0.25, 0.3) is 0 Å². The summed E-state index contributed by atoms with van der Waals surface area (Å²) >= 11 is 0. The monoisotopic (exact) mass is 326 g/mol. The third-order valence-corrected chi connectivity index (χ3v) is 3.60. The summed E-state index contributed by atoms with van der Waals surface area (Å²) in [5.74, 6) is -1.08. The van der Waals surface area contributed by atoms with Crippen molar-refractivity contribution in [2.45, 2.75) is 12.5 Å². The highest BCUT2D eigenvalue weighted by atomic mass is 19.1. The molecule has 1 aromatic rings. The molecule has 1 amide bonds. The molecule has 0 unspecified atom stereocenters. The summed E-state index contributed by atoms with van der Waals surface area (Å²) < 4.78 is 23.5. The molecule has 23 heavy (non-hydrogen) atoms. The number of halogens is 1. The van der Waals surface area contributed by atoms with Gasteiger partial charge in [-0.25, -0.2) is 14.0 Å². The number of carbonyl (C=O) groups excluding carboxylic acids is 1. The van der Waals surface area contributed by atoms with Crippen molar-refractivity contribution < 1.29 is 28.6 Å². The van der Waals surface area contributed by atoms with Crippen LogP contribution < -0.4 is 10.1 Å². The Kier molecular flexibility index (Phi) is 5.75. The van der Waals surface area contributed by atoms with Crippen LogP contribution in [0.4, 0.5) is 9.18 Å². The van der Waals surface area contributed by atoms with Gasteiger partial charge in [-0.05, 0) is 24.6 Å². The fraction of sp³-hybridized carbons (Fsp3) is 0.467. The predicted molar refractivity (Wildman–Crippen MR) is 79.2 cm³/mol. The van der Waals surface area contributed by atoms with Gasteiger partial charge in [0.15, 0.2) is 0 Å². The minimum atomic E-state index is -0.932. The van der Waals surface area contributed by atoms with Gasteiger partial charge in [0, 0.05) is 25.7 Å². The highest BCUT2D eigenvalue weighted by molar-refractivity contribution is 5.90. The Morgan fingerprint density at radius 1 is 1.48 bits per heavy atom. The number of amides is 1. The van der Waals surface area contributed by atoms with Crippen LogP contribution >= 0.6 is 0 Å². The number of benzene rings is 1. The molecule has 0 radical (unpaired) electrons. The number of nitrogens with zero attached hydrogens (tertiary/aromatic N) is 1. The van der Waals surface area contributed by atoms with Gasteiger partial charge < -0.3 is 24.8 Å². The summed E-state index contributed by atoms with van der Waals surface area (Å²) in [6.07, 6.45) is -0.340. The van der Waals surface area contributed by atoms with Crippen LogP contribution in [-0.4, -0.2) is 61.5 Å². The van der Waals surface area contributed by atoms with E-state index in [2.05, 4.69) is 10.1 Å². The van der Waals surface area contributed by atoms with Gasteiger partial charge in [0.25, 0.3) is 0 Å². The van der Waals surface area contributed by atoms with Crippen molar-refractivity contribution >= 4 is 12.1 Å². The number of nitrogens with one attached hydrogen (secondary N) is 1. The fourth-order valence-corrected chi connectivity index (χ4v) is 2.37.